The van der Waals surface area contributed by atoms with Crippen molar-refractivity contribution in [2.24, 2.45) is 0 Å². The summed E-state index contributed by atoms with van der Waals surface area (Å²) in [6.45, 7) is 2.01. The van der Waals surface area contributed by atoms with Crippen molar-refractivity contribution in [3.63, 3.8) is 0 Å². The van der Waals surface area contributed by atoms with Gasteiger partial charge in [-0.2, -0.15) is 0 Å². The highest BCUT2D eigenvalue weighted by Crippen LogP contribution is 2.22. The van der Waals surface area contributed by atoms with Crippen molar-refractivity contribution in [2.75, 3.05) is 0 Å². The SMILES string of the molecule is C/C(=C/c1ccccc1)c1nc2ccccc2o1. The van der Waals surface area contributed by atoms with E-state index in [2.05, 4.69) is 23.2 Å². The normalized spacial score (nSPS) is 11.9. The van der Waals surface area contributed by atoms with Crippen LogP contribution in [0.2, 0.25) is 0 Å². The maximum atomic E-state index is 5.72. The molecule has 0 N–H and O–H groups in total. The molecule has 0 aliphatic rings. The van der Waals surface area contributed by atoms with Crippen molar-refractivity contribution in [1.29, 1.82) is 0 Å². The molecule has 0 spiro atoms. The molecule has 88 valence electrons. The number of allylic oxidation sites excluding steroid dienone is 1. The average Bonchev–Trinajstić information content (AvgIpc) is 2.84. The zero-order valence-corrected chi connectivity index (χ0v) is 10.1. The molecule has 0 radical (unpaired) electrons. The van der Waals surface area contributed by atoms with E-state index < -0.39 is 0 Å². The van der Waals surface area contributed by atoms with Crippen LogP contribution in [0.3, 0.4) is 0 Å². The second-order valence-corrected chi connectivity index (χ2v) is 4.22. The Morgan fingerprint density at radius 3 is 2.50 bits per heavy atom. The molecule has 0 fully saturated rings. The second-order valence-electron chi connectivity index (χ2n) is 4.22. The van der Waals surface area contributed by atoms with E-state index >= 15 is 0 Å². The van der Waals surface area contributed by atoms with Gasteiger partial charge in [-0.05, 0) is 30.7 Å². The van der Waals surface area contributed by atoms with Crippen LogP contribution in [-0.4, -0.2) is 4.98 Å². The van der Waals surface area contributed by atoms with Crippen LogP contribution in [0.5, 0.6) is 0 Å². The Morgan fingerprint density at radius 2 is 1.72 bits per heavy atom. The first kappa shape index (κ1) is 10.8. The van der Waals surface area contributed by atoms with Gasteiger partial charge in [-0.15, -0.1) is 0 Å². The number of aromatic nitrogens is 1. The third-order valence-electron chi connectivity index (χ3n) is 2.81. The summed E-state index contributed by atoms with van der Waals surface area (Å²) < 4.78 is 5.72. The molecule has 0 atom stereocenters. The van der Waals surface area contributed by atoms with Gasteiger partial charge in [0.15, 0.2) is 5.58 Å². The van der Waals surface area contributed by atoms with Gasteiger partial charge in [-0.1, -0.05) is 42.5 Å². The minimum absolute atomic E-state index is 0.681. The van der Waals surface area contributed by atoms with Gasteiger partial charge in [0, 0.05) is 5.57 Å². The van der Waals surface area contributed by atoms with Crippen LogP contribution in [-0.2, 0) is 0 Å². The topological polar surface area (TPSA) is 26.0 Å². The van der Waals surface area contributed by atoms with Crippen LogP contribution >= 0.6 is 0 Å². The van der Waals surface area contributed by atoms with Crippen molar-refractivity contribution < 1.29 is 4.42 Å². The second kappa shape index (κ2) is 4.49. The molecule has 0 amide bonds. The smallest absolute Gasteiger partial charge is 0.222 e. The number of fused-ring (bicyclic) bond motifs is 1. The summed E-state index contributed by atoms with van der Waals surface area (Å²) in [6, 6.07) is 18.0. The summed E-state index contributed by atoms with van der Waals surface area (Å²) in [7, 11) is 0. The molecule has 0 saturated carbocycles. The predicted octanol–water partition coefficient (Wildman–Crippen LogP) is 4.39. The molecule has 1 heterocycles. The summed E-state index contributed by atoms with van der Waals surface area (Å²) >= 11 is 0. The molecule has 2 heteroatoms. The Hall–Kier alpha value is -2.35. The van der Waals surface area contributed by atoms with Crippen molar-refractivity contribution in [2.45, 2.75) is 6.92 Å². The number of hydrogen-bond acceptors (Lipinski definition) is 2. The first-order valence-corrected chi connectivity index (χ1v) is 5.92. The van der Waals surface area contributed by atoms with Crippen molar-refractivity contribution in [3.8, 4) is 0 Å². The summed E-state index contributed by atoms with van der Waals surface area (Å²) in [5.74, 6) is 0.681. The predicted molar refractivity (Wildman–Crippen MR) is 74.0 cm³/mol. The van der Waals surface area contributed by atoms with Crippen molar-refractivity contribution in [1.82, 2.24) is 4.98 Å². The quantitative estimate of drug-likeness (QED) is 0.658. The largest absolute Gasteiger partial charge is 0.436 e. The zero-order valence-electron chi connectivity index (χ0n) is 10.1. The number of rotatable bonds is 2. The fourth-order valence-electron chi connectivity index (χ4n) is 1.90. The van der Waals surface area contributed by atoms with Crippen molar-refractivity contribution in [3.05, 3.63) is 66.1 Å². The summed E-state index contributed by atoms with van der Waals surface area (Å²) in [6.07, 6.45) is 2.07. The summed E-state index contributed by atoms with van der Waals surface area (Å²) in [4.78, 5) is 4.47. The molecule has 0 bridgehead atoms. The third kappa shape index (κ3) is 2.05. The Balaban J connectivity index is 2.01. The molecular weight excluding hydrogens is 222 g/mol. The molecule has 18 heavy (non-hydrogen) atoms. The Morgan fingerprint density at radius 1 is 1.00 bits per heavy atom. The van der Waals surface area contributed by atoms with Gasteiger partial charge in [-0.3, -0.25) is 0 Å². The number of oxazole rings is 1. The number of hydrogen-bond donors (Lipinski definition) is 0. The first-order chi connectivity index (χ1) is 8.83. The van der Waals surface area contributed by atoms with Crippen LogP contribution < -0.4 is 0 Å². The Labute approximate surface area is 106 Å². The number of benzene rings is 2. The van der Waals surface area contributed by atoms with E-state index in [-0.39, 0.29) is 0 Å². The molecule has 1 aromatic heterocycles. The first-order valence-electron chi connectivity index (χ1n) is 5.92. The highest BCUT2D eigenvalue weighted by atomic mass is 16.3. The molecule has 3 aromatic rings. The van der Waals surface area contributed by atoms with Gasteiger partial charge in [0.05, 0.1) is 0 Å². The van der Waals surface area contributed by atoms with Gasteiger partial charge >= 0.3 is 0 Å². The van der Waals surface area contributed by atoms with Gasteiger partial charge < -0.3 is 4.42 Å². The van der Waals surface area contributed by atoms with Crippen LogP contribution in [0, 0.1) is 0 Å². The molecule has 0 aliphatic carbocycles. The molecule has 2 nitrogen and oxygen atoms in total. The summed E-state index contributed by atoms with van der Waals surface area (Å²) in [5, 5.41) is 0. The standard InChI is InChI=1S/C16H13NO/c1-12(11-13-7-3-2-4-8-13)16-17-14-9-5-6-10-15(14)18-16/h2-11H,1H3/b12-11-. The van der Waals surface area contributed by atoms with E-state index in [1.54, 1.807) is 0 Å². The lowest BCUT2D eigenvalue weighted by molar-refractivity contribution is 0.584. The van der Waals surface area contributed by atoms with Crippen LogP contribution in [0.1, 0.15) is 18.4 Å². The highest BCUT2D eigenvalue weighted by molar-refractivity contribution is 5.81. The van der Waals surface area contributed by atoms with Gasteiger partial charge in [0.2, 0.25) is 5.89 Å². The lowest BCUT2D eigenvalue weighted by Crippen LogP contribution is -1.79. The van der Waals surface area contributed by atoms with E-state index in [1.807, 2.05) is 49.4 Å². The van der Waals surface area contributed by atoms with Gasteiger partial charge in [0.25, 0.3) is 0 Å². The van der Waals surface area contributed by atoms with Gasteiger partial charge in [0.1, 0.15) is 5.52 Å². The van der Waals surface area contributed by atoms with E-state index in [4.69, 9.17) is 4.42 Å². The molecule has 0 aliphatic heterocycles. The van der Waals surface area contributed by atoms with E-state index in [0.29, 0.717) is 5.89 Å². The Kier molecular flexibility index (Phi) is 2.69. The fourth-order valence-corrected chi connectivity index (χ4v) is 1.90. The lowest BCUT2D eigenvalue weighted by atomic mass is 10.1. The fraction of sp³-hybridized carbons (Fsp3) is 0.0625. The van der Waals surface area contributed by atoms with Gasteiger partial charge in [-0.25, -0.2) is 4.98 Å². The maximum absolute atomic E-state index is 5.72. The maximum Gasteiger partial charge on any atom is 0.222 e. The lowest BCUT2D eigenvalue weighted by Gasteiger charge is -1.95. The van der Waals surface area contributed by atoms with Crippen LogP contribution in [0.15, 0.2) is 59.0 Å². The van der Waals surface area contributed by atoms with Crippen LogP contribution in [0.25, 0.3) is 22.7 Å². The molecule has 3 rings (SSSR count). The highest BCUT2D eigenvalue weighted by Gasteiger charge is 2.06. The average molecular weight is 235 g/mol. The van der Waals surface area contributed by atoms with Crippen molar-refractivity contribution >= 4 is 22.7 Å². The molecule has 2 aromatic carbocycles. The molecular formula is C16H13NO. The van der Waals surface area contributed by atoms with E-state index in [9.17, 15) is 0 Å². The molecule has 0 saturated heterocycles. The number of para-hydroxylation sites is 2. The summed E-state index contributed by atoms with van der Waals surface area (Å²) in [5.41, 5.74) is 3.90. The van der Waals surface area contributed by atoms with E-state index in [0.717, 1.165) is 22.2 Å². The monoisotopic (exact) mass is 235 g/mol. The Bertz CT molecular complexity index is 662. The molecule has 0 unspecified atom stereocenters. The van der Waals surface area contributed by atoms with Crippen LogP contribution in [0.4, 0.5) is 0 Å². The minimum Gasteiger partial charge on any atom is -0.436 e. The number of nitrogens with zero attached hydrogens (tertiary/aromatic N) is 1. The minimum atomic E-state index is 0.681. The third-order valence-corrected chi connectivity index (χ3v) is 2.81. The van der Waals surface area contributed by atoms with E-state index in [1.165, 1.54) is 0 Å². The zero-order chi connectivity index (χ0) is 12.4.